The van der Waals surface area contributed by atoms with E-state index in [1.807, 2.05) is 0 Å². The molecule has 0 saturated heterocycles. The molecule has 6 aromatic rings. The molecule has 6 aromatic carbocycles. The lowest BCUT2D eigenvalue weighted by Gasteiger charge is -2.30. The van der Waals surface area contributed by atoms with Gasteiger partial charge in [-0.05, 0) is 81.4 Å². The van der Waals surface area contributed by atoms with Gasteiger partial charge in [-0.25, -0.2) is 0 Å². The lowest BCUT2D eigenvalue weighted by Crippen LogP contribution is -2.17. The summed E-state index contributed by atoms with van der Waals surface area (Å²) in [6, 6.07) is 52.6. The Hall–Kier alpha value is -4.40. The normalized spacial score (nSPS) is 13.0. The van der Waals surface area contributed by atoms with Crippen molar-refractivity contribution in [1.29, 1.82) is 0 Å². The van der Waals surface area contributed by atoms with E-state index in [-0.39, 0.29) is 5.41 Å². The number of anilines is 3. The van der Waals surface area contributed by atoms with E-state index in [0.717, 1.165) is 21.5 Å². The first-order valence-electron chi connectivity index (χ1n) is 14.1. The van der Waals surface area contributed by atoms with E-state index in [9.17, 15) is 0 Å². The molecule has 0 bridgehead atoms. The van der Waals surface area contributed by atoms with Crippen molar-refractivity contribution in [2.75, 3.05) is 4.90 Å². The molecule has 0 N–H and O–H groups in total. The lowest BCUT2D eigenvalue weighted by molar-refractivity contribution is 0.660. The summed E-state index contributed by atoms with van der Waals surface area (Å²) < 4.78 is 1.08. The monoisotopic (exact) mass is 591 g/mol. The maximum atomic E-state index is 3.66. The predicted octanol–water partition coefficient (Wildman–Crippen LogP) is 11.6. The summed E-state index contributed by atoms with van der Waals surface area (Å²) in [5, 5.41) is 0. The van der Waals surface area contributed by atoms with Crippen molar-refractivity contribution in [3.63, 3.8) is 0 Å². The van der Waals surface area contributed by atoms with Gasteiger partial charge in [0.15, 0.2) is 0 Å². The van der Waals surface area contributed by atoms with Gasteiger partial charge in [-0.3, -0.25) is 0 Å². The van der Waals surface area contributed by atoms with Gasteiger partial charge >= 0.3 is 0 Å². The van der Waals surface area contributed by atoms with Crippen LogP contribution in [0.3, 0.4) is 0 Å². The first-order chi connectivity index (χ1) is 20.0. The van der Waals surface area contributed by atoms with Crippen LogP contribution in [0, 0.1) is 0 Å². The minimum absolute atomic E-state index is 0.0787. The summed E-state index contributed by atoms with van der Waals surface area (Å²) in [7, 11) is 0. The third-order valence-corrected chi connectivity index (χ3v) is 8.81. The van der Waals surface area contributed by atoms with Gasteiger partial charge in [-0.2, -0.15) is 0 Å². The smallest absolute Gasteiger partial charge is 0.0540 e. The van der Waals surface area contributed by atoms with Crippen LogP contribution in [-0.2, 0) is 5.41 Å². The van der Waals surface area contributed by atoms with Gasteiger partial charge in [0.05, 0.1) is 5.69 Å². The topological polar surface area (TPSA) is 3.24 Å². The SMILES string of the molecule is CC1(C)c2ccccc2-c2ccc(N(c3cccc(-c4cccc(Br)c4)c3)c3ccccc3-c3ccccc3)cc21. The molecular weight excluding hydrogens is 562 g/mol. The number of halogens is 1. The molecule has 0 spiro atoms. The van der Waals surface area contributed by atoms with Crippen LogP contribution < -0.4 is 4.90 Å². The summed E-state index contributed by atoms with van der Waals surface area (Å²) in [6.07, 6.45) is 0. The summed E-state index contributed by atoms with van der Waals surface area (Å²) in [4.78, 5) is 2.42. The van der Waals surface area contributed by atoms with E-state index < -0.39 is 0 Å². The fourth-order valence-electron chi connectivity index (χ4n) is 6.28. The largest absolute Gasteiger partial charge is 0.310 e. The van der Waals surface area contributed by atoms with Crippen LogP contribution in [0.2, 0.25) is 0 Å². The van der Waals surface area contributed by atoms with E-state index in [4.69, 9.17) is 0 Å². The van der Waals surface area contributed by atoms with Crippen LogP contribution in [-0.4, -0.2) is 0 Å². The molecule has 7 rings (SSSR count). The molecule has 0 amide bonds. The lowest BCUT2D eigenvalue weighted by atomic mass is 9.82. The highest BCUT2D eigenvalue weighted by Gasteiger charge is 2.35. The second kappa shape index (κ2) is 10.2. The Bertz CT molecular complexity index is 1890. The molecule has 1 aliphatic carbocycles. The molecule has 41 heavy (non-hydrogen) atoms. The van der Waals surface area contributed by atoms with E-state index in [0.29, 0.717) is 0 Å². The standard InChI is InChI=1S/C39H30BrN/c1-39(2)36-20-8-6-19-34(36)35-23-22-32(26-37(35)39)41(38-21-9-7-18-33(38)27-12-4-3-5-13-27)31-17-11-15-29(25-31)28-14-10-16-30(40)24-28/h3-26H,1-2H3. The second-order valence-corrected chi connectivity index (χ2v) is 12.1. The first-order valence-corrected chi connectivity index (χ1v) is 14.8. The minimum Gasteiger partial charge on any atom is -0.310 e. The molecule has 1 nitrogen and oxygen atoms in total. The molecule has 1 aliphatic rings. The molecule has 0 aromatic heterocycles. The summed E-state index contributed by atoms with van der Waals surface area (Å²) in [5.41, 5.74) is 13.5. The van der Waals surface area contributed by atoms with Crippen molar-refractivity contribution in [2.45, 2.75) is 19.3 Å². The van der Waals surface area contributed by atoms with Gasteiger partial charge in [0.1, 0.15) is 0 Å². The second-order valence-electron chi connectivity index (χ2n) is 11.2. The van der Waals surface area contributed by atoms with Gasteiger partial charge in [-0.1, -0.05) is 133 Å². The third kappa shape index (κ3) is 4.49. The number of benzene rings is 6. The molecule has 0 atom stereocenters. The maximum Gasteiger partial charge on any atom is 0.0540 e. The zero-order valence-electron chi connectivity index (χ0n) is 23.2. The molecule has 0 aliphatic heterocycles. The van der Waals surface area contributed by atoms with Crippen molar-refractivity contribution in [3.8, 4) is 33.4 Å². The van der Waals surface area contributed by atoms with E-state index in [1.165, 1.54) is 44.5 Å². The van der Waals surface area contributed by atoms with Crippen LogP contribution in [0.15, 0.2) is 150 Å². The third-order valence-electron chi connectivity index (χ3n) is 8.32. The number of hydrogen-bond donors (Lipinski definition) is 0. The van der Waals surface area contributed by atoms with Crippen molar-refractivity contribution < 1.29 is 0 Å². The van der Waals surface area contributed by atoms with Crippen LogP contribution in [0.4, 0.5) is 17.1 Å². The van der Waals surface area contributed by atoms with Gasteiger partial charge in [0.2, 0.25) is 0 Å². The fourth-order valence-corrected chi connectivity index (χ4v) is 6.68. The highest BCUT2D eigenvalue weighted by Crippen LogP contribution is 2.51. The average molecular weight is 593 g/mol. The quantitative estimate of drug-likeness (QED) is 0.193. The van der Waals surface area contributed by atoms with Crippen molar-refractivity contribution >= 4 is 33.0 Å². The van der Waals surface area contributed by atoms with E-state index >= 15 is 0 Å². The van der Waals surface area contributed by atoms with Crippen LogP contribution in [0.5, 0.6) is 0 Å². The molecule has 0 unspecified atom stereocenters. The molecule has 0 radical (unpaired) electrons. The Morgan fingerprint density at radius 1 is 0.463 bits per heavy atom. The maximum absolute atomic E-state index is 3.66. The highest BCUT2D eigenvalue weighted by atomic mass is 79.9. The zero-order chi connectivity index (χ0) is 28.0. The van der Waals surface area contributed by atoms with Gasteiger partial charge < -0.3 is 4.90 Å². The number of nitrogens with zero attached hydrogens (tertiary/aromatic N) is 1. The Kier molecular flexibility index (Phi) is 6.37. The molecule has 0 saturated carbocycles. The molecule has 2 heteroatoms. The van der Waals surface area contributed by atoms with Gasteiger partial charge in [-0.15, -0.1) is 0 Å². The van der Waals surface area contributed by atoms with Crippen LogP contribution in [0.25, 0.3) is 33.4 Å². The van der Waals surface area contributed by atoms with Gasteiger partial charge in [0.25, 0.3) is 0 Å². The molecule has 0 fully saturated rings. The highest BCUT2D eigenvalue weighted by molar-refractivity contribution is 9.10. The van der Waals surface area contributed by atoms with Crippen molar-refractivity contribution in [1.82, 2.24) is 0 Å². The number of fused-ring (bicyclic) bond motifs is 3. The van der Waals surface area contributed by atoms with E-state index in [1.54, 1.807) is 0 Å². The van der Waals surface area contributed by atoms with Crippen LogP contribution >= 0.6 is 15.9 Å². The molecular formula is C39H30BrN. The van der Waals surface area contributed by atoms with Crippen molar-refractivity contribution in [3.05, 3.63) is 161 Å². The molecule has 0 heterocycles. The Morgan fingerprint density at radius 2 is 1.07 bits per heavy atom. The Labute approximate surface area is 250 Å². The summed E-state index contributed by atoms with van der Waals surface area (Å²) >= 11 is 3.66. The van der Waals surface area contributed by atoms with Crippen LogP contribution in [0.1, 0.15) is 25.0 Å². The summed E-state index contributed by atoms with van der Waals surface area (Å²) in [6.45, 7) is 4.69. The average Bonchev–Trinajstić information content (AvgIpc) is 3.24. The fraction of sp³-hybridized carbons (Fsp3) is 0.0769. The minimum atomic E-state index is -0.0787. The zero-order valence-corrected chi connectivity index (χ0v) is 24.8. The Balaban J connectivity index is 1.45. The van der Waals surface area contributed by atoms with Crippen molar-refractivity contribution in [2.24, 2.45) is 0 Å². The predicted molar refractivity (Wildman–Crippen MR) is 177 cm³/mol. The number of para-hydroxylation sites is 1. The number of hydrogen-bond acceptors (Lipinski definition) is 1. The Morgan fingerprint density at radius 3 is 1.88 bits per heavy atom. The first kappa shape index (κ1) is 25.6. The molecule has 198 valence electrons. The number of rotatable bonds is 5. The summed E-state index contributed by atoms with van der Waals surface area (Å²) in [5.74, 6) is 0. The van der Waals surface area contributed by atoms with E-state index in [2.05, 4.69) is 180 Å². The van der Waals surface area contributed by atoms with Gasteiger partial charge in [0, 0.05) is 26.8 Å².